The van der Waals surface area contributed by atoms with Crippen LogP contribution in [0.5, 0.6) is 0 Å². The molecule has 0 unspecified atom stereocenters. The molecule has 0 aromatic heterocycles. The fourth-order valence-corrected chi connectivity index (χ4v) is 0.525. The van der Waals surface area contributed by atoms with Crippen LogP contribution < -0.4 is 3.30 Å². The van der Waals surface area contributed by atoms with Gasteiger partial charge in [-0.15, -0.1) is 0 Å². The maximum absolute atomic E-state index is 10.3. The molecule has 1 N–H and O–H groups in total. The number of nitrogens with one attached hydrogen (secondary N) is 1. The van der Waals surface area contributed by atoms with Crippen molar-refractivity contribution in [1.82, 2.24) is 3.30 Å². The van der Waals surface area contributed by atoms with Crippen LogP contribution in [0, 0.1) is 0 Å². The van der Waals surface area contributed by atoms with E-state index < -0.39 is 0 Å². The Bertz CT molecular complexity index is 64.7. The van der Waals surface area contributed by atoms with Gasteiger partial charge in [0.25, 0.3) is 0 Å². The molecule has 2 nitrogen and oxygen atoms in total. The summed E-state index contributed by atoms with van der Waals surface area (Å²) in [4.78, 5) is 10.3. The van der Waals surface area contributed by atoms with E-state index in [4.69, 9.17) is 0 Å². The van der Waals surface area contributed by atoms with Gasteiger partial charge in [-0.25, -0.2) is 0 Å². The predicted molar refractivity (Wildman–Crippen MR) is 23.1 cm³/mol. The zero-order chi connectivity index (χ0) is 5.70. The Morgan fingerprint density at radius 1 is 1.86 bits per heavy atom. The van der Waals surface area contributed by atoms with Crippen LogP contribution in [-0.4, -0.2) is 5.91 Å². The number of carbonyl (C=O) groups excluding carboxylic acids is 1. The molecule has 1 amide bonds. The van der Waals surface area contributed by atoms with Crippen LogP contribution in [-0.2, 0) is 29.5 Å². The van der Waals surface area contributed by atoms with Crippen molar-refractivity contribution < 1.29 is 29.5 Å². The first-order valence-electron chi connectivity index (χ1n) is 2.30. The second-order valence-electron chi connectivity index (χ2n) is 1.32. The molecule has 0 aliphatic heterocycles. The summed E-state index contributed by atoms with van der Waals surface area (Å²) < 4.78 is 2.59. The van der Waals surface area contributed by atoms with E-state index in [9.17, 15) is 4.79 Å². The molecule has 7 heavy (non-hydrogen) atoms. The van der Waals surface area contributed by atoms with E-state index >= 15 is 0 Å². The first-order chi connectivity index (χ1) is 3.31. The molecule has 3 heteroatoms. The SMILES string of the molecule is CCCC(=O)[NH][Sc]. The predicted octanol–water partition coefficient (Wildman–Crippen LogP) is 0.365. The molecule has 0 atom stereocenters. The summed E-state index contributed by atoms with van der Waals surface area (Å²) in [6, 6.07) is 0. The third-order valence-corrected chi connectivity index (χ3v) is 1.14. The summed E-state index contributed by atoms with van der Waals surface area (Å²) in [6.45, 7) is 1.99. The van der Waals surface area contributed by atoms with Crippen molar-refractivity contribution in [3.05, 3.63) is 0 Å². The van der Waals surface area contributed by atoms with Gasteiger partial charge in [-0.3, -0.25) is 0 Å². The molecule has 0 fully saturated rings. The van der Waals surface area contributed by atoms with E-state index in [1.54, 1.807) is 0 Å². The minimum atomic E-state index is 0.155. The first kappa shape index (κ1) is 7.34. The van der Waals surface area contributed by atoms with Crippen LogP contribution in [0.4, 0.5) is 0 Å². The van der Waals surface area contributed by atoms with Gasteiger partial charge in [0.15, 0.2) is 0 Å². The molecule has 0 radical (unpaired) electrons. The van der Waals surface area contributed by atoms with Gasteiger partial charge in [0, 0.05) is 0 Å². The van der Waals surface area contributed by atoms with Crippen LogP contribution in [0.25, 0.3) is 0 Å². The number of carbonyl (C=O) groups is 1. The van der Waals surface area contributed by atoms with E-state index in [2.05, 4.69) is 3.30 Å². The van der Waals surface area contributed by atoms with Crippen LogP contribution in [0.2, 0.25) is 0 Å². The number of amides is 1. The average molecular weight is 131 g/mol. The van der Waals surface area contributed by atoms with Gasteiger partial charge in [-0.1, -0.05) is 0 Å². The van der Waals surface area contributed by atoms with E-state index in [0.29, 0.717) is 6.42 Å². The Hall–Kier alpha value is 0.340. The van der Waals surface area contributed by atoms with Crippen molar-refractivity contribution in [2.24, 2.45) is 0 Å². The van der Waals surface area contributed by atoms with Gasteiger partial charge in [0.05, 0.1) is 0 Å². The summed E-state index contributed by atoms with van der Waals surface area (Å²) in [5, 5.41) is 0. The van der Waals surface area contributed by atoms with Crippen LogP contribution in [0.3, 0.4) is 0 Å². The van der Waals surface area contributed by atoms with Crippen LogP contribution >= 0.6 is 0 Å². The molecular weight excluding hydrogens is 123 g/mol. The molecule has 38 valence electrons. The summed E-state index contributed by atoms with van der Waals surface area (Å²) in [5.74, 6) is 0.155. The molecule has 0 aromatic rings. The molecule has 0 saturated heterocycles. The van der Waals surface area contributed by atoms with E-state index in [1.807, 2.05) is 6.92 Å². The number of hydrogen-bond donors (Lipinski definition) is 1. The molecule has 0 aromatic carbocycles. The van der Waals surface area contributed by atoms with Gasteiger partial charge in [-0.05, 0) is 0 Å². The van der Waals surface area contributed by atoms with Crippen LogP contribution in [0.1, 0.15) is 19.8 Å². The summed E-state index contributed by atoms with van der Waals surface area (Å²) in [7, 11) is 0. The molecule has 0 bridgehead atoms. The molecule has 0 aliphatic carbocycles. The second kappa shape index (κ2) is 4.50. The van der Waals surface area contributed by atoms with Gasteiger partial charge in [0.2, 0.25) is 0 Å². The average Bonchev–Trinajstić information content (AvgIpc) is 1.68. The maximum atomic E-state index is 10.3. The second-order valence-corrected chi connectivity index (χ2v) is 1.77. The fraction of sp³-hybridized carbons (Fsp3) is 0.750. The van der Waals surface area contributed by atoms with Crippen molar-refractivity contribution >= 4 is 5.91 Å². The quantitative estimate of drug-likeness (QED) is 0.576. The third-order valence-electron chi connectivity index (χ3n) is 0.638. The zero-order valence-corrected chi connectivity index (χ0v) is 6.20. The summed E-state index contributed by atoms with van der Waals surface area (Å²) in [5.41, 5.74) is 0. The molecule has 0 heterocycles. The van der Waals surface area contributed by atoms with Crippen molar-refractivity contribution in [2.45, 2.75) is 19.8 Å². The Kier molecular flexibility index (Phi) is 4.72. The van der Waals surface area contributed by atoms with Gasteiger partial charge in [0.1, 0.15) is 0 Å². The van der Waals surface area contributed by atoms with Crippen molar-refractivity contribution in [1.29, 1.82) is 0 Å². The third kappa shape index (κ3) is 4.19. The van der Waals surface area contributed by atoms with Gasteiger partial charge < -0.3 is 0 Å². The molecule has 0 spiro atoms. The van der Waals surface area contributed by atoms with Gasteiger partial charge >= 0.3 is 58.4 Å². The van der Waals surface area contributed by atoms with E-state index in [0.717, 1.165) is 6.42 Å². The Labute approximate surface area is 58.6 Å². The number of hydrogen-bond acceptors (Lipinski definition) is 1. The standard InChI is InChI=1S/C4H9NO.Sc/c1-2-3-4(5)6;/h2-3H2,1H3,(H2,5,6);/q;+1/p-1. The number of rotatable bonds is 2. The normalized spacial score (nSPS) is 8.00. The van der Waals surface area contributed by atoms with Gasteiger partial charge in [-0.2, -0.15) is 0 Å². The first-order valence-corrected chi connectivity index (χ1v) is 3.21. The molecule has 0 rings (SSSR count). The van der Waals surface area contributed by atoms with E-state index in [-0.39, 0.29) is 5.91 Å². The van der Waals surface area contributed by atoms with Crippen molar-refractivity contribution in [3.8, 4) is 0 Å². The van der Waals surface area contributed by atoms with Crippen molar-refractivity contribution in [3.63, 3.8) is 0 Å². The Morgan fingerprint density at radius 3 is 2.57 bits per heavy atom. The van der Waals surface area contributed by atoms with Crippen molar-refractivity contribution in [2.75, 3.05) is 0 Å². The molecular formula is C4H8NOSc. The fourth-order valence-electron chi connectivity index (χ4n) is 0.299. The molecule has 0 saturated carbocycles. The Morgan fingerprint density at radius 2 is 2.43 bits per heavy atom. The zero-order valence-electron chi connectivity index (χ0n) is 4.40. The van der Waals surface area contributed by atoms with E-state index in [1.165, 1.54) is 24.7 Å². The summed E-state index contributed by atoms with van der Waals surface area (Å²) in [6.07, 6.45) is 1.61. The minimum absolute atomic E-state index is 0.155. The van der Waals surface area contributed by atoms with Crippen LogP contribution in [0.15, 0.2) is 0 Å². The molecule has 0 aliphatic rings. The summed E-state index contributed by atoms with van der Waals surface area (Å²) >= 11 is 1.26. The Balaban J connectivity index is 3.00. The monoisotopic (exact) mass is 131 g/mol. The topological polar surface area (TPSA) is 29.1 Å².